The molecule has 0 spiro atoms. The first kappa shape index (κ1) is 8.78. The molecule has 0 atom stereocenters. The summed E-state index contributed by atoms with van der Waals surface area (Å²) in [5, 5.41) is 0. The van der Waals surface area contributed by atoms with Crippen LogP contribution in [0.1, 0.15) is 20.3 Å². The Hall–Kier alpha value is -1.31. The number of rotatable bonds is 2. The minimum absolute atomic E-state index is 0.835. The van der Waals surface area contributed by atoms with Crippen molar-refractivity contribution in [3.05, 3.63) is 35.2 Å². The van der Waals surface area contributed by atoms with E-state index in [1.54, 1.807) is 6.21 Å². The van der Waals surface area contributed by atoms with Gasteiger partial charge in [-0.25, -0.2) is 0 Å². The van der Waals surface area contributed by atoms with Crippen molar-refractivity contribution in [2.75, 3.05) is 0 Å². The lowest BCUT2D eigenvalue weighted by atomic mass is 10.3. The summed E-state index contributed by atoms with van der Waals surface area (Å²) < 4.78 is 0. The van der Waals surface area contributed by atoms with Crippen LogP contribution in [0.25, 0.3) is 0 Å². The first-order valence-electron chi connectivity index (χ1n) is 4.03. The molecule has 0 fully saturated rings. The van der Waals surface area contributed by atoms with E-state index in [1.165, 1.54) is 5.57 Å². The highest BCUT2D eigenvalue weighted by Gasteiger charge is 2.01. The molecule has 12 heavy (non-hydrogen) atoms. The Morgan fingerprint density at radius 2 is 2.33 bits per heavy atom. The van der Waals surface area contributed by atoms with E-state index in [0.29, 0.717) is 0 Å². The van der Waals surface area contributed by atoms with Gasteiger partial charge in [-0.05, 0) is 26.0 Å². The van der Waals surface area contributed by atoms with Crippen molar-refractivity contribution in [3.63, 3.8) is 0 Å². The Morgan fingerprint density at radius 3 is 2.83 bits per heavy atom. The molecule has 0 aromatic heterocycles. The molecule has 0 unspecified atom stereocenters. The number of nitrogens with zero attached hydrogens (tertiary/aromatic N) is 1. The third-order valence-corrected chi connectivity index (χ3v) is 1.56. The van der Waals surface area contributed by atoms with Crippen LogP contribution >= 0.6 is 0 Å². The molecule has 2 nitrogen and oxygen atoms in total. The number of aliphatic imine (C=N–C) groups is 1. The SMILES string of the molecule is CC(C)=CC=NC1=C(N)CC=C1. The minimum Gasteiger partial charge on any atom is -0.400 e. The van der Waals surface area contributed by atoms with Crippen LogP contribution in [0.15, 0.2) is 40.2 Å². The van der Waals surface area contributed by atoms with Crippen LogP contribution in [0.3, 0.4) is 0 Å². The molecule has 0 amide bonds. The standard InChI is InChI=1S/C10H14N2/c1-8(2)6-7-12-10-5-3-4-9(10)11/h3,5-7H,4,11H2,1-2H3. The molecule has 1 rings (SSSR count). The van der Waals surface area contributed by atoms with E-state index < -0.39 is 0 Å². The molecule has 0 radical (unpaired) electrons. The van der Waals surface area contributed by atoms with Crippen LogP contribution in [-0.4, -0.2) is 6.21 Å². The zero-order valence-corrected chi connectivity index (χ0v) is 7.54. The second-order valence-corrected chi connectivity index (χ2v) is 3.04. The van der Waals surface area contributed by atoms with Crippen molar-refractivity contribution in [1.82, 2.24) is 0 Å². The van der Waals surface area contributed by atoms with Crippen LogP contribution in [0.5, 0.6) is 0 Å². The smallest absolute Gasteiger partial charge is 0.0816 e. The van der Waals surface area contributed by atoms with E-state index in [2.05, 4.69) is 4.99 Å². The highest BCUT2D eigenvalue weighted by atomic mass is 14.8. The number of hydrogen-bond donors (Lipinski definition) is 1. The molecule has 0 aromatic carbocycles. The predicted molar refractivity (Wildman–Crippen MR) is 52.9 cm³/mol. The Morgan fingerprint density at radius 1 is 1.58 bits per heavy atom. The molecule has 0 bridgehead atoms. The molecule has 0 saturated carbocycles. The average Bonchev–Trinajstić information content (AvgIpc) is 2.36. The zero-order valence-electron chi connectivity index (χ0n) is 7.54. The molecule has 1 aliphatic carbocycles. The van der Waals surface area contributed by atoms with E-state index in [1.807, 2.05) is 32.1 Å². The van der Waals surface area contributed by atoms with Crippen LogP contribution in [0.2, 0.25) is 0 Å². The molecular formula is C10H14N2. The van der Waals surface area contributed by atoms with Gasteiger partial charge in [-0.2, -0.15) is 0 Å². The summed E-state index contributed by atoms with van der Waals surface area (Å²) in [7, 11) is 0. The molecule has 2 heteroatoms. The fraction of sp³-hybridized carbons (Fsp3) is 0.300. The third kappa shape index (κ3) is 2.38. The van der Waals surface area contributed by atoms with Crippen molar-refractivity contribution in [2.24, 2.45) is 10.7 Å². The van der Waals surface area contributed by atoms with Crippen molar-refractivity contribution < 1.29 is 0 Å². The van der Waals surface area contributed by atoms with Gasteiger partial charge in [0.15, 0.2) is 0 Å². The Balaban J connectivity index is 2.62. The summed E-state index contributed by atoms with van der Waals surface area (Å²) in [6.07, 6.45) is 8.55. The number of allylic oxidation sites excluding steroid dienone is 4. The average molecular weight is 162 g/mol. The maximum atomic E-state index is 5.68. The maximum absolute atomic E-state index is 5.68. The molecule has 0 aliphatic heterocycles. The minimum atomic E-state index is 0.835. The summed E-state index contributed by atoms with van der Waals surface area (Å²) >= 11 is 0. The second kappa shape index (κ2) is 3.90. The monoisotopic (exact) mass is 162 g/mol. The van der Waals surface area contributed by atoms with Crippen molar-refractivity contribution in [3.8, 4) is 0 Å². The normalized spacial score (nSPS) is 16.2. The van der Waals surface area contributed by atoms with Gasteiger partial charge in [0.1, 0.15) is 0 Å². The van der Waals surface area contributed by atoms with Gasteiger partial charge in [-0.1, -0.05) is 11.6 Å². The topological polar surface area (TPSA) is 38.4 Å². The largest absolute Gasteiger partial charge is 0.400 e. The Labute approximate surface area is 73.2 Å². The fourth-order valence-electron chi connectivity index (χ4n) is 0.902. The number of hydrogen-bond acceptors (Lipinski definition) is 2. The van der Waals surface area contributed by atoms with Crippen LogP contribution in [-0.2, 0) is 0 Å². The van der Waals surface area contributed by atoms with E-state index in [-0.39, 0.29) is 0 Å². The van der Waals surface area contributed by atoms with Gasteiger partial charge in [0, 0.05) is 18.3 Å². The maximum Gasteiger partial charge on any atom is 0.0816 e. The third-order valence-electron chi connectivity index (χ3n) is 1.56. The van der Waals surface area contributed by atoms with Crippen molar-refractivity contribution in [2.45, 2.75) is 20.3 Å². The van der Waals surface area contributed by atoms with Gasteiger partial charge in [0.2, 0.25) is 0 Å². The number of nitrogens with two attached hydrogens (primary N) is 1. The van der Waals surface area contributed by atoms with E-state index >= 15 is 0 Å². The first-order valence-corrected chi connectivity index (χ1v) is 4.03. The molecule has 2 N–H and O–H groups in total. The molecule has 0 heterocycles. The van der Waals surface area contributed by atoms with Gasteiger partial charge < -0.3 is 5.73 Å². The van der Waals surface area contributed by atoms with Crippen LogP contribution in [0, 0.1) is 0 Å². The summed E-state index contributed by atoms with van der Waals surface area (Å²) in [5.41, 5.74) is 8.67. The van der Waals surface area contributed by atoms with Gasteiger partial charge in [-0.15, -0.1) is 0 Å². The molecule has 0 aromatic rings. The van der Waals surface area contributed by atoms with Gasteiger partial charge in [-0.3, -0.25) is 4.99 Å². The molecule has 1 aliphatic rings. The van der Waals surface area contributed by atoms with Crippen LogP contribution in [0.4, 0.5) is 0 Å². The highest BCUT2D eigenvalue weighted by Crippen LogP contribution is 2.14. The lowest BCUT2D eigenvalue weighted by molar-refractivity contribution is 1.16. The molecular weight excluding hydrogens is 148 g/mol. The van der Waals surface area contributed by atoms with E-state index in [4.69, 9.17) is 5.73 Å². The summed E-state index contributed by atoms with van der Waals surface area (Å²) in [4.78, 5) is 4.21. The molecule has 64 valence electrons. The fourth-order valence-corrected chi connectivity index (χ4v) is 0.902. The van der Waals surface area contributed by atoms with Crippen molar-refractivity contribution >= 4 is 6.21 Å². The molecule has 0 saturated heterocycles. The highest BCUT2D eigenvalue weighted by molar-refractivity contribution is 5.73. The van der Waals surface area contributed by atoms with Crippen molar-refractivity contribution in [1.29, 1.82) is 0 Å². The quantitative estimate of drug-likeness (QED) is 0.621. The van der Waals surface area contributed by atoms with E-state index in [0.717, 1.165) is 17.8 Å². The summed E-state index contributed by atoms with van der Waals surface area (Å²) in [6.45, 7) is 4.07. The summed E-state index contributed by atoms with van der Waals surface area (Å²) in [6, 6.07) is 0. The Bertz CT molecular complexity index is 276. The lowest BCUT2D eigenvalue weighted by Crippen LogP contribution is -1.94. The van der Waals surface area contributed by atoms with Gasteiger partial charge in [0.05, 0.1) is 5.70 Å². The summed E-state index contributed by atoms with van der Waals surface area (Å²) in [5.74, 6) is 0. The lowest BCUT2D eigenvalue weighted by Gasteiger charge is -1.92. The zero-order chi connectivity index (χ0) is 8.97. The van der Waals surface area contributed by atoms with E-state index in [9.17, 15) is 0 Å². The predicted octanol–water partition coefficient (Wildman–Crippen LogP) is 2.15. The van der Waals surface area contributed by atoms with Gasteiger partial charge in [0.25, 0.3) is 0 Å². The first-order chi connectivity index (χ1) is 5.70. The second-order valence-electron chi connectivity index (χ2n) is 3.04. The Kier molecular flexibility index (Phi) is 2.86. The van der Waals surface area contributed by atoms with Crippen LogP contribution < -0.4 is 5.73 Å². The van der Waals surface area contributed by atoms with Gasteiger partial charge >= 0.3 is 0 Å².